The highest BCUT2D eigenvalue weighted by molar-refractivity contribution is 5.59. The molecule has 0 radical (unpaired) electrons. The lowest BCUT2D eigenvalue weighted by atomic mass is 9.78. The van der Waals surface area contributed by atoms with Crippen molar-refractivity contribution in [1.29, 1.82) is 0 Å². The molecule has 6 rings (SSSR count). The minimum Gasteiger partial charge on any atom is -0.380 e. The van der Waals surface area contributed by atoms with Gasteiger partial charge in [-0.25, -0.2) is 4.98 Å². The molecule has 5 heterocycles. The van der Waals surface area contributed by atoms with Crippen LogP contribution in [0.4, 0.5) is 0 Å². The summed E-state index contributed by atoms with van der Waals surface area (Å²) in [5, 5.41) is 4.27. The molecule has 2 aromatic heterocycles. The number of imidazole rings is 1. The summed E-state index contributed by atoms with van der Waals surface area (Å²) in [5.41, 5.74) is 3.11. The van der Waals surface area contributed by atoms with Gasteiger partial charge in [-0.1, -0.05) is 17.0 Å². The van der Waals surface area contributed by atoms with Gasteiger partial charge >= 0.3 is 0 Å². The molecule has 2 atom stereocenters. The van der Waals surface area contributed by atoms with Gasteiger partial charge in [0.1, 0.15) is 17.6 Å². The van der Waals surface area contributed by atoms with E-state index < -0.39 is 0 Å². The van der Waals surface area contributed by atoms with Gasteiger partial charge in [0, 0.05) is 54.7 Å². The second-order valence-corrected chi connectivity index (χ2v) is 10.4. The molecule has 3 aliphatic heterocycles. The predicted molar refractivity (Wildman–Crippen MR) is 141 cm³/mol. The Hall–Kier alpha value is -3.40. The largest absolute Gasteiger partial charge is 0.380 e. The quantitative estimate of drug-likeness (QED) is 0.445. The van der Waals surface area contributed by atoms with Crippen molar-refractivity contribution in [2.75, 3.05) is 39.5 Å². The van der Waals surface area contributed by atoms with Crippen molar-refractivity contribution >= 4 is 0 Å². The van der Waals surface area contributed by atoms with Crippen LogP contribution < -0.4 is 0 Å². The van der Waals surface area contributed by atoms with Gasteiger partial charge in [0.25, 0.3) is 0 Å². The summed E-state index contributed by atoms with van der Waals surface area (Å²) < 4.78 is 24.8. The zero-order valence-electron chi connectivity index (χ0n) is 21.7. The number of nitrogens with zero attached hydrogens (tertiary/aromatic N) is 4. The molecule has 0 amide bonds. The fourth-order valence-electron chi connectivity index (χ4n) is 5.22. The van der Waals surface area contributed by atoms with Gasteiger partial charge in [-0.05, 0) is 62.3 Å². The second-order valence-electron chi connectivity index (χ2n) is 10.4. The number of likely N-dealkylation sites (tertiary alicyclic amines) is 1. The van der Waals surface area contributed by atoms with E-state index in [1.807, 2.05) is 48.0 Å². The molecular weight excluding hydrogens is 480 g/mol. The summed E-state index contributed by atoms with van der Waals surface area (Å²) in [6, 6.07) is 9.89. The highest BCUT2D eigenvalue weighted by atomic mass is 16.7. The van der Waals surface area contributed by atoms with Crippen molar-refractivity contribution in [3.05, 3.63) is 59.8 Å². The maximum atomic E-state index is 6.10. The van der Waals surface area contributed by atoms with Crippen LogP contribution in [0.2, 0.25) is 0 Å². The molecule has 3 saturated heterocycles. The molecule has 0 bridgehead atoms. The van der Waals surface area contributed by atoms with Gasteiger partial charge in [-0.2, -0.15) is 0 Å². The lowest BCUT2D eigenvalue weighted by molar-refractivity contribution is -0.188. The number of benzene rings is 1. The minimum absolute atomic E-state index is 0.164. The van der Waals surface area contributed by atoms with Gasteiger partial charge < -0.3 is 23.3 Å². The molecule has 1 aromatic carbocycles. The van der Waals surface area contributed by atoms with Crippen LogP contribution in [-0.4, -0.2) is 65.4 Å². The number of ether oxygens (including phenoxy) is 3. The molecule has 8 heteroatoms. The Kier molecular flexibility index (Phi) is 7.31. The number of hydrogen-bond donors (Lipinski definition) is 0. The van der Waals surface area contributed by atoms with Crippen LogP contribution in [0.25, 0.3) is 11.3 Å². The van der Waals surface area contributed by atoms with E-state index in [1.165, 1.54) is 0 Å². The second kappa shape index (κ2) is 11.1. The van der Waals surface area contributed by atoms with Crippen molar-refractivity contribution in [3.63, 3.8) is 0 Å². The van der Waals surface area contributed by atoms with E-state index in [0.717, 1.165) is 81.4 Å². The standard InChI is InChI=1S/C30H32N4O4/c1-23(37-28-8-4-6-16-36-28)29-31-13-15-34(29)18-26-17-27(38-32-26)25-11-9-24(10-12-25)7-3-2-5-14-33-19-30(20-33)21-35-22-30/h9-13,15,17,23,28H,4,6,8,14,16,18-22H2,1H3/t23-,28?/m0/s1. The van der Waals surface area contributed by atoms with Crippen LogP contribution in [0.15, 0.2) is 47.2 Å². The van der Waals surface area contributed by atoms with Gasteiger partial charge in [0.15, 0.2) is 12.1 Å². The molecule has 38 heavy (non-hydrogen) atoms. The molecule has 1 unspecified atom stereocenters. The summed E-state index contributed by atoms with van der Waals surface area (Å²) in [6.07, 6.45) is 6.53. The monoisotopic (exact) mass is 512 g/mol. The molecule has 1 spiro atoms. The fourth-order valence-corrected chi connectivity index (χ4v) is 5.22. The Morgan fingerprint density at radius 3 is 2.79 bits per heavy atom. The zero-order valence-corrected chi connectivity index (χ0v) is 21.7. The van der Waals surface area contributed by atoms with Gasteiger partial charge in [-0.3, -0.25) is 4.90 Å². The summed E-state index contributed by atoms with van der Waals surface area (Å²) in [6.45, 7) is 8.06. The average Bonchev–Trinajstić information content (AvgIpc) is 3.55. The Bertz CT molecular complexity index is 1350. The van der Waals surface area contributed by atoms with Gasteiger partial charge in [0.2, 0.25) is 0 Å². The van der Waals surface area contributed by atoms with Crippen LogP contribution >= 0.6 is 0 Å². The SMILES string of the molecule is C[C@H](OC1CCCCO1)c1nccn1Cc1cc(-c2ccc(C#CC#CCN3CC4(COC4)C3)cc2)on1. The van der Waals surface area contributed by atoms with Crippen molar-refractivity contribution in [1.82, 2.24) is 19.6 Å². The van der Waals surface area contributed by atoms with Crippen molar-refractivity contribution < 1.29 is 18.7 Å². The molecule has 196 valence electrons. The van der Waals surface area contributed by atoms with E-state index in [0.29, 0.717) is 17.7 Å². The molecule has 3 aromatic rings. The molecule has 8 nitrogen and oxygen atoms in total. The maximum Gasteiger partial charge on any atom is 0.167 e. The van der Waals surface area contributed by atoms with Crippen LogP contribution in [0, 0.1) is 29.1 Å². The lowest BCUT2D eigenvalue weighted by Gasteiger charge is -2.54. The van der Waals surface area contributed by atoms with Gasteiger partial charge in [0.05, 0.1) is 26.3 Å². The van der Waals surface area contributed by atoms with E-state index >= 15 is 0 Å². The Morgan fingerprint density at radius 2 is 2.03 bits per heavy atom. The van der Waals surface area contributed by atoms with Crippen molar-refractivity contribution in [3.8, 4) is 35.0 Å². The third-order valence-corrected chi connectivity index (χ3v) is 7.26. The Labute approximate surface area is 223 Å². The maximum absolute atomic E-state index is 6.10. The highest BCUT2D eigenvalue weighted by Gasteiger charge is 2.48. The number of rotatable bonds is 7. The first-order valence-corrected chi connectivity index (χ1v) is 13.3. The summed E-state index contributed by atoms with van der Waals surface area (Å²) in [7, 11) is 0. The minimum atomic E-state index is -0.178. The van der Waals surface area contributed by atoms with E-state index in [9.17, 15) is 0 Å². The molecule has 0 N–H and O–H groups in total. The summed E-state index contributed by atoms with van der Waals surface area (Å²) >= 11 is 0. The first-order chi connectivity index (χ1) is 18.7. The van der Waals surface area contributed by atoms with E-state index in [-0.39, 0.29) is 12.4 Å². The normalized spacial score (nSPS) is 20.9. The van der Waals surface area contributed by atoms with Crippen LogP contribution in [0.5, 0.6) is 0 Å². The van der Waals surface area contributed by atoms with E-state index in [1.54, 1.807) is 6.20 Å². The first-order valence-electron chi connectivity index (χ1n) is 13.3. The fraction of sp³-hybridized carbons (Fsp3) is 0.467. The first kappa shape index (κ1) is 24.9. The van der Waals surface area contributed by atoms with Crippen LogP contribution in [0.3, 0.4) is 0 Å². The van der Waals surface area contributed by atoms with E-state index in [2.05, 4.69) is 38.7 Å². The molecular formula is C30H32N4O4. The summed E-state index contributed by atoms with van der Waals surface area (Å²) in [4.78, 5) is 6.85. The van der Waals surface area contributed by atoms with Crippen molar-refractivity contribution in [2.45, 2.75) is 45.1 Å². The Morgan fingerprint density at radius 1 is 1.16 bits per heavy atom. The molecule has 3 aliphatic rings. The molecule has 0 aliphatic carbocycles. The van der Waals surface area contributed by atoms with E-state index in [4.69, 9.17) is 18.7 Å². The Balaban J connectivity index is 1.02. The number of aromatic nitrogens is 3. The predicted octanol–water partition coefficient (Wildman–Crippen LogP) is 3.88. The third-order valence-electron chi connectivity index (χ3n) is 7.26. The van der Waals surface area contributed by atoms with Crippen molar-refractivity contribution in [2.24, 2.45) is 5.41 Å². The third kappa shape index (κ3) is 5.70. The molecule has 0 saturated carbocycles. The van der Waals surface area contributed by atoms with Crippen LogP contribution in [0.1, 0.15) is 49.4 Å². The topological polar surface area (TPSA) is 74.8 Å². The van der Waals surface area contributed by atoms with Crippen LogP contribution in [-0.2, 0) is 20.8 Å². The smallest absolute Gasteiger partial charge is 0.167 e. The summed E-state index contributed by atoms with van der Waals surface area (Å²) in [5.74, 6) is 13.7. The molecule has 3 fully saturated rings. The zero-order chi connectivity index (χ0) is 25.8. The number of hydrogen-bond acceptors (Lipinski definition) is 7. The highest BCUT2D eigenvalue weighted by Crippen LogP contribution is 2.36. The average molecular weight is 513 g/mol. The van der Waals surface area contributed by atoms with Gasteiger partial charge in [-0.15, -0.1) is 0 Å². The lowest BCUT2D eigenvalue weighted by Crippen LogP contribution is -2.65.